The molecule has 7 nitrogen and oxygen atoms in total. The van der Waals surface area contributed by atoms with E-state index in [9.17, 15) is 19.1 Å². The molecule has 1 aromatic carbocycles. The predicted molar refractivity (Wildman–Crippen MR) is 86.1 cm³/mol. The zero-order valence-corrected chi connectivity index (χ0v) is 13.8. The van der Waals surface area contributed by atoms with Crippen LogP contribution in [0.4, 0.5) is 4.39 Å². The van der Waals surface area contributed by atoms with Gasteiger partial charge in [-0.1, -0.05) is 0 Å². The van der Waals surface area contributed by atoms with Crippen molar-refractivity contribution < 1.29 is 23.8 Å². The van der Waals surface area contributed by atoms with E-state index >= 15 is 0 Å². The molecule has 2 heterocycles. The van der Waals surface area contributed by atoms with Crippen LogP contribution in [-0.2, 0) is 9.53 Å². The summed E-state index contributed by atoms with van der Waals surface area (Å²) >= 11 is 0. The third-order valence-corrected chi connectivity index (χ3v) is 4.45. The van der Waals surface area contributed by atoms with Crippen LogP contribution < -0.4 is 0 Å². The second-order valence-corrected chi connectivity index (χ2v) is 5.94. The number of halogens is 1. The van der Waals surface area contributed by atoms with Crippen molar-refractivity contribution in [3.63, 3.8) is 0 Å². The maximum Gasteiger partial charge on any atom is 0.326 e. The lowest BCUT2D eigenvalue weighted by atomic mass is 10.2. The van der Waals surface area contributed by atoms with Crippen LogP contribution in [0.3, 0.4) is 0 Å². The van der Waals surface area contributed by atoms with Gasteiger partial charge in [-0.25, -0.2) is 13.9 Å². The van der Waals surface area contributed by atoms with Crippen molar-refractivity contribution in [2.24, 2.45) is 0 Å². The number of likely N-dealkylation sites (tertiary alicyclic amines) is 1. The molecule has 25 heavy (non-hydrogen) atoms. The Bertz CT molecular complexity index is 803. The van der Waals surface area contributed by atoms with E-state index in [0.29, 0.717) is 16.9 Å². The lowest BCUT2D eigenvalue weighted by molar-refractivity contribution is -0.141. The molecule has 3 rings (SSSR count). The van der Waals surface area contributed by atoms with Crippen LogP contribution in [0.15, 0.2) is 30.5 Å². The van der Waals surface area contributed by atoms with Crippen LogP contribution in [0.5, 0.6) is 0 Å². The van der Waals surface area contributed by atoms with Gasteiger partial charge in [-0.05, 0) is 31.2 Å². The first-order valence-electron chi connectivity index (χ1n) is 7.79. The van der Waals surface area contributed by atoms with E-state index in [-0.39, 0.29) is 24.9 Å². The summed E-state index contributed by atoms with van der Waals surface area (Å²) in [5, 5.41) is 13.6. The van der Waals surface area contributed by atoms with Crippen LogP contribution in [-0.4, -0.2) is 57.5 Å². The Hall–Kier alpha value is -2.74. The van der Waals surface area contributed by atoms with Crippen LogP contribution >= 0.6 is 0 Å². The summed E-state index contributed by atoms with van der Waals surface area (Å²) in [6, 6.07) is 4.80. The highest BCUT2D eigenvalue weighted by molar-refractivity contribution is 5.97. The van der Waals surface area contributed by atoms with E-state index in [2.05, 4.69) is 5.10 Å². The van der Waals surface area contributed by atoms with E-state index in [1.165, 1.54) is 35.0 Å². The third-order valence-electron chi connectivity index (χ3n) is 4.45. The molecular weight excluding hydrogens is 329 g/mol. The molecule has 132 valence electrons. The van der Waals surface area contributed by atoms with E-state index in [1.807, 2.05) is 0 Å². The lowest BCUT2D eigenvalue weighted by Crippen LogP contribution is -2.40. The summed E-state index contributed by atoms with van der Waals surface area (Å²) in [4.78, 5) is 25.6. The molecule has 1 aliphatic heterocycles. The topological polar surface area (TPSA) is 84.7 Å². The van der Waals surface area contributed by atoms with Gasteiger partial charge in [-0.2, -0.15) is 5.10 Å². The fourth-order valence-corrected chi connectivity index (χ4v) is 3.04. The summed E-state index contributed by atoms with van der Waals surface area (Å²) in [7, 11) is 1.50. The number of aromatic nitrogens is 2. The van der Waals surface area contributed by atoms with Gasteiger partial charge in [0.2, 0.25) is 0 Å². The number of rotatable bonds is 4. The van der Waals surface area contributed by atoms with Crippen molar-refractivity contribution in [1.29, 1.82) is 0 Å². The highest BCUT2D eigenvalue weighted by Gasteiger charge is 2.40. The predicted octanol–water partition coefficient (Wildman–Crippen LogP) is 1.63. The van der Waals surface area contributed by atoms with Gasteiger partial charge in [0.1, 0.15) is 11.9 Å². The minimum atomic E-state index is -1.06. The van der Waals surface area contributed by atoms with Gasteiger partial charge in [0, 0.05) is 20.1 Å². The molecule has 8 heteroatoms. The minimum absolute atomic E-state index is 0.216. The van der Waals surface area contributed by atoms with Gasteiger partial charge in [0.25, 0.3) is 5.91 Å². The number of carboxylic acid groups (broad SMARTS) is 1. The first-order valence-corrected chi connectivity index (χ1v) is 7.79. The van der Waals surface area contributed by atoms with Crippen molar-refractivity contribution in [2.75, 3.05) is 13.7 Å². The molecule has 1 fully saturated rings. The largest absolute Gasteiger partial charge is 0.480 e. The smallest absolute Gasteiger partial charge is 0.326 e. The molecule has 0 aliphatic carbocycles. The Kier molecular flexibility index (Phi) is 4.54. The lowest BCUT2D eigenvalue weighted by Gasteiger charge is -2.21. The summed E-state index contributed by atoms with van der Waals surface area (Å²) in [6.45, 7) is 1.93. The molecule has 0 saturated carbocycles. The highest BCUT2D eigenvalue weighted by atomic mass is 19.1. The monoisotopic (exact) mass is 347 g/mol. The van der Waals surface area contributed by atoms with Crippen molar-refractivity contribution in [2.45, 2.75) is 25.5 Å². The number of carboxylic acids is 1. The molecular formula is C17H18FN3O4. The molecule has 1 aromatic heterocycles. The van der Waals surface area contributed by atoms with Gasteiger partial charge < -0.3 is 14.7 Å². The van der Waals surface area contributed by atoms with Gasteiger partial charge in [0.15, 0.2) is 0 Å². The Labute approximate surface area is 143 Å². The number of hydrogen-bond donors (Lipinski definition) is 1. The molecule has 0 spiro atoms. The Morgan fingerprint density at radius 2 is 2.00 bits per heavy atom. The number of hydrogen-bond acceptors (Lipinski definition) is 4. The van der Waals surface area contributed by atoms with Crippen molar-refractivity contribution in [3.05, 3.63) is 47.5 Å². The van der Waals surface area contributed by atoms with Gasteiger partial charge >= 0.3 is 5.97 Å². The van der Waals surface area contributed by atoms with E-state index < -0.39 is 17.9 Å². The highest BCUT2D eigenvalue weighted by Crippen LogP contribution is 2.24. The number of carbonyl (C=O) groups is 2. The quantitative estimate of drug-likeness (QED) is 0.909. The van der Waals surface area contributed by atoms with Crippen LogP contribution in [0.2, 0.25) is 0 Å². The Morgan fingerprint density at radius 1 is 1.32 bits per heavy atom. The van der Waals surface area contributed by atoms with Crippen molar-refractivity contribution in [1.82, 2.24) is 14.7 Å². The second kappa shape index (κ2) is 6.64. The number of aliphatic carboxylic acids is 1. The number of amides is 1. The molecule has 1 amide bonds. The first-order chi connectivity index (χ1) is 11.9. The maximum absolute atomic E-state index is 13.1. The standard InChI is InChI=1S/C17H18FN3O4/c1-10-14(8-19-21(10)12-5-3-11(18)4-6-12)16(22)20-9-13(25-2)7-15(20)17(23)24/h3-6,8,13,15H,7,9H2,1-2H3,(H,23,24). The zero-order valence-electron chi connectivity index (χ0n) is 13.8. The second-order valence-electron chi connectivity index (χ2n) is 5.94. The molecule has 0 bridgehead atoms. The molecule has 2 atom stereocenters. The molecule has 1 aliphatic rings. The van der Waals surface area contributed by atoms with Crippen molar-refractivity contribution in [3.8, 4) is 5.69 Å². The summed E-state index contributed by atoms with van der Waals surface area (Å²) in [5.74, 6) is -1.83. The number of benzene rings is 1. The zero-order chi connectivity index (χ0) is 18.1. The van der Waals surface area contributed by atoms with Gasteiger partial charge in [0.05, 0.1) is 29.2 Å². The normalized spacial score (nSPS) is 20.0. The van der Waals surface area contributed by atoms with Crippen molar-refractivity contribution >= 4 is 11.9 Å². The van der Waals surface area contributed by atoms with Gasteiger partial charge in [-0.15, -0.1) is 0 Å². The molecule has 2 aromatic rings. The van der Waals surface area contributed by atoms with Crippen LogP contribution in [0, 0.1) is 12.7 Å². The number of carbonyl (C=O) groups excluding carboxylic acids is 1. The third kappa shape index (κ3) is 3.12. The van der Waals surface area contributed by atoms with E-state index in [1.54, 1.807) is 19.1 Å². The van der Waals surface area contributed by atoms with Crippen LogP contribution in [0.1, 0.15) is 22.5 Å². The number of methoxy groups -OCH3 is 1. The van der Waals surface area contributed by atoms with Crippen LogP contribution in [0.25, 0.3) is 5.69 Å². The first kappa shape index (κ1) is 17.1. The average molecular weight is 347 g/mol. The number of nitrogens with zero attached hydrogens (tertiary/aromatic N) is 3. The fraction of sp³-hybridized carbons (Fsp3) is 0.353. The molecule has 2 unspecified atom stereocenters. The fourth-order valence-electron chi connectivity index (χ4n) is 3.04. The Morgan fingerprint density at radius 3 is 2.60 bits per heavy atom. The van der Waals surface area contributed by atoms with E-state index in [4.69, 9.17) is 4.74 Å². The number of ether oxygens (including phenoxy) is 1. The molecule has 1 saturated heterocycles. The summed E-state index contributed by atoms with van der Waals surface area (Å²) < 4.78 is 19.8. The van der Waals surface area contributed by atoms with Gasteiger partial charge in [-0.3, -0.25) is 4.79 Å². The van der Waals surface area contributed by atoms with E-state index in [0.717, 1.165) is 0 Å². The molecule has 0 radical (unpaired) electrons. The SMILES string of the molecule is COC1CC(C(=O)O)N(C(=O)c2cnn(-c3ccc(F)cc3)c2C)C1. The summed E-state index contributed by atoms with van der Waals surface area (Å²) in [6.07, 6.45) is 1.35. The Balaban J connectivity index is 1.90. The molecule has 1 N–H and O–H groups in total. The minimum Gasteiger partial charge on any atom is -0.480 e. The maximum atomic E-state index is 13.1. The summed E-state index contributed by atoms with van der Waals surface area (Å²) in [5.41, 5.74) is 1.48. The average Bonchev–Trinajstić information content (AvgIpc) is 3.19.